The number of likely N-dealkylation sites (tertiary alicyclic amines) is 1. The molecule has 0 spiro atoms. The molecule has 0 bridgehead atoms. The number of carbonyl (C=O) groups excluding carboxylic acids is 3. The summed E-state index contributed by atoms with van der Waals surface area (Å²) in [6.07, 6.45) is 2.25. The van der Waals surface area contributed by atoms with Gasteiger partial charge in [0, 0.05) is 32.4 Å². The molecule has 0 aliphatic carbocycles. The molecule has 0 radical (unpaired) electrons. The molecule has 184 valence electrons. The summed E-state index contributed by atoms with van der Waals surface area (Å²) < 4.78 is 11.8. The lowest BCUT2D eigenvalue weighted by Crippen LogP contribution is -2.64. The fourth-order valence-corrected chi connectivity index (χ4v) is 5.40. The van der Waals surface area contributed by atoms with Gasteiger partial charge >= 0.3 is 0 Å². The zero-order chi connectivity index (χ0) is 24.6. The molecule has 3 amide bonds. The fourth-order valence-electron chi connectivity index (χ4n) is 5.40. The van der Waals surface area contributed by atoms with Crippen molar-refractivity contribution in [1.29, 1.82) is 0 Å². The van der Waals surface area contributed by atoms with Crippen LogP contribution < -0.4 is 14.4 Å². The Kier molecular flexibility index (Phi) is 6.13. The van der Waals surface area contributed by atoms with Crippen molar-refractivity contribution in [3.05, 3.63) is 54.1 Å². The maximum absolute atomic E-state index is 13.4. The number of amides is 3. The second kappa shape index (κ2) is 9.24. The van der Waals surface area contributed by atoms with Gasteiger partial charge in [-0.1, -0.05) is 24.3 Å². The molecular weight excluding hydrogens is 446 g/mol. The predicted molar refractivity (Wildman–Crippen MR) is 130 cm³/mol. The lowest BCUT2D eigenvalue weighted by molar-refractivity contribution is -0.135. The standard InChI is InChI=1S/C27H31N3O5/c1-3-34-22-10-6-7-11-23(22)35-19-13-16-28(17-14-19)25(32)18-29-26(33)20-8-4-5-9-21(20)30-24(31)12-15-27(29,30)2/h4-11,19H,3,12-18H2,1-2H3. The van der Waals surface area contributed by atoms with Gasteiger partial charge in [0.25, 0.3) is 5.91 Å². The van der Waals surface area contributed by atoms with Crippen molar-refractivity contribution in [3.63, 3.8) is 0 Å². The third-order valence-corrected chi connectivity index (χ3v) is 7.28. The molecule has 0 aromatic heterocycles. The Bertz CT molecular complexity index is 1140. The summed E-state index contributed by atoms with van der Waals surface area (Å²) in [4.78, 5) is 44.5. The third kappa shape index (κ3) is 4.11. The summed E-state index contributed by atoms with van der Waals surface area (Å²) in [5.41, 5.74) is 0.271. The number of carbonyl (C=O) groups is 3. The molecule has 2 aromatic rings. The van der Waals surface area contributed by atoms with Gasteiger partial charge in [0.1, 0.15) is 18.3 Å². The molecule has 0 saturated carbocycles. The van der Waals surface area contributed by atoms with Crippen LogP contribution >= 0.6 is 0 Å². The van der Waals surface area contributed by atoms with E-state index in [4.69, 9.17) is 9.47 Å². The van der Waals surface area contributed by atoms with Crippen LogP contribution in [0.5, 0.6) is 11.5 Å². The molecule has 3 heterocycles. The molecule has 1 atom stereocenters. The first kappa shape index (κ1) is 23.2. The van der Waals surface area contributed by atoms with E-state index in [0.29, 0.717) is 56.6 Å². The number of ether oxygens (including phenoxy) is 2. The minimum atomic E-state index is -0.831. The molecule has 3 aliphatic heterocycles. The lowest BCUT2D eigenvalue weighted by atomic mass is 9.98. The Balaban J connectivity index is 1.25. The van der Waals surface area contributed by atoms with Gasteiger partial charge in [-0.05, 0) is 44.5 Å². The Hall–Kier alpha value is -3.55. The second-order valence-electron chi connectivity index (χ2n) is 9.43. The summed E-state index contributed by atoms with van der Waals surface area (Å²) in [7, 11) is 0. The van der Waals surface area contributed by atoms with Gasteiger partial charge in [-0.2, -0.15) is 0 Å². The van der Waals surface area contributed by atoms with Gasteiger partial charge in [0.2, 0.25) is 11.8 Å². The highest BCUT2D eigenvalue weighted by Crippen LogP contribution is 2.44. The summed E-state index contributed by atoms with van der Waals surface area (Å²) in [5, 5.41) is 0. The highest BCUT2D eigenvalue weighted by molar-refractivity contribution is 6.11. The van der Waals surface area contributed by atoms with Crippen LogP contribution in [0.3, 0.4) is 0 Å². The van der Waals surface area contributed by atoms with E-state index in [9.17, 15) is 14.4 Å². The van der Waals surface area contributed by atoms with Gasteiger partial charge in [0.15, 0.2) is 11.5 Å². The smallest absolute Gasteiger partial charge is 0.258 e. The molecule has 8 nitrogen and oxygen atoms in total. The van der Waals surface area contributed by atoms with Crippen molar-refractivity contribution in [2.75, 3.05) is 31.1 Å². The SMILES string of the molecule is CCOc1ccccc1OC1CCN(C(=O)CN2C(=O)c3ccccc3N3C(=O)CCC23C)CC1. The van der Waals surface area contributed by atoms with Crippen LogP contribution in [0.15, 0.2) is 48.5 Å². The Morgan fingerprint density at radius 3 is 2.46 bits per heavy atom. The highest BCUT2D eigenvalue weighted by Gasteiger charge is 2.53. The van der Waals surface area contributed by atoms with Crippen molar-refractivity contribution in [3.8, 4) is 11.5 Å². The zero-order valence-electron chi connectivity index (χ0n) is 20.2. The van der Waals surface area contributed by atoms with Crippen LogP contribution in [0.4, 0.5) is 5.69 Å². The highest BCUT2D eigenvalue weighted by atomic mass is 16.5. The number of piperidine rings is 1. The average molecular weight is 478 g/mol. The fraction of sp³-hybridized carbons (Fsp3) is 0.444. The van der Waals surface area contributed by atoms with E-state index < -0.39 is 5.66 Å². The maximum atomic E-state index is 13.4. The Morgan fingerprint density at radius 1 is 1.03 bits per heavy atom. The molecule has 3 aliphatic rings. The van der Waals surface area contributed by atoms with E-state index in [-0.39, 0.29) is 30.4 Å². The van der Waals surface area contributed by atoms with Crippen LogP contribution in [-0.2, 0) is 9.59 Å². The zero-order valence-corrected chi connectivity index (χ0v) is 20.2. The first-order chi connectivity index (χ1) is 16.9. The first-order valence-corrected chi connectivity index (χ1v) is 12.3. The Morgan fingerprint density at radius 2 is 1.71 bits per heavy atom. The molecule has 2 saturated heterocycles. The van der Waals surface area contributed by atoms with Gasteiger partial charge in [-0.3, -0.25) is 19.3 Å². The number of hydrogen-bond acceptors (Lipinski definition) is 5. The number of rotatable bonds is 6. The molecular formula is C27H31N3O5. The third-order valence-electron chi connectivity index (χ3n) is 7.28. The van der Waals surface area contributed by atoms with E-state index in [0.717, 1.165) is 11.5 Å². The van der Waals surface area contributed by atoms with Gasteiger partial charge in [-0.15, -0.1) is 0 Å². The van der Waals surface area contributed by atoms with Crippen LogP contribution in [0.1, 0.15) is 49.9 Å². The number of hydrogen-bond donors (Lipinski definition) is 0. The minimum absolute atomic E-state index is 0.00962. The van der Waals surface area contributed by atoms with Gasteiger partial charge in [-0.25, -0.2) is 0 Å². The number of fused-ring (bicyclic) bond motifs is 3. The summed E-state index contributed by atoms with van der Waals surface area (Å²) in [6, 6.07) is 14.8. The molecule has 0 N–H and O–H groups in total. The first-order valence-electron chi connectivity index (χ1n) is 12.3. The Labute approximate surface area is 205 Å². The van der Waals surface area contributed by atoms with Gasteiger partial charge in [0.05, 0.1) is 17.9 Å². The van der Waals surface area contributed by atoms with Crippen molar-refractivity contribution in [2.24, 2.45) is 0 Å². The number of nitrogens with zero attached hydrogens (tertiary/aromatic N) is 3. The number of para-hydroxylation sites is 3. The molecule has 2 fully saturated rings. The minimum Gasteiger partial charge on any atom is -0.490 e. The maximum Gasteiger partial charge on any atom is 0.258 e. The van der Waals surface area contributed by atoms with E-state index in [1.807, 2.05) is 50.2 Å². The van der Waals surface area contributed by atoms with Crippen molar-refractivity contribution < 1.29 is 23.9 Å². The molecule has 1 unspecified atom stereocenters. The lowest BCUT2D eigenvalue weighted by Gasteiger charge is -2.48. The van der Waals surface area contributed by atoms with E-state index in [2.05, 4.69) is 0 Å². The van der Waals surface area contributed by atoms with E-state index >= 15 is 0 Å². The molecule has 8 heteroatoms. The second-order valence-corrected chi connectivity index (χ2v) is 9.43. The van der Waals surface area contributed by atoms with Crippen molar-refractivity contribution in [1.82, 2.24) is 9.80 Å². The topological polar surface area (TPSA) is 79.4 Å². The van der Waals surface area contributed by atoms with Crippen LogP contribution in [-0.4, -0.2) is 65.5 Å². The molecule has 35 heavy (non-hydrogen) atoms. The van der Waals surface area contributed by atoms with Crippen molar-refractivity contribution >= 4 is 23.4 Å². The summed E-state index contributed by atoms with van der Waals surface area (Å²) >= 11 is 0. The number of anilines is 1. The predicted octanol–water partition coefficient (Wildman–Crippen LogP) is 3.45. The van der Waals surface area contributed by atoms with E-state index in [1.165, 1.54) is 0 Å². The van der Waals surface area contributed by atoms with Gasteiger partial charge < -0.3 is 19.3 Å². The monoisotopic (exact) mass is 477 g/mol. The molecule has 5 rings (SSSR count). The van der Waals surface area contributed by atoms with Crippen molar-refractivity contribution in [2.45, 2.75) is 51.3 Å². The van der Waals surface area contributed by atoms with Crippen LogP contribution in [0.2, 0.25) is 0 Å². The summed E-state index contributed by atoms with van der Waals surface area (Å²) in [6.45, 7) is 5.44. The van der Waals surface area contributed by atoms with E-state index in [1.54, 1.807) is 26.8 Å². The normalized spacial score (nSPS) is 22.2. The molecule has 2 aromatic carbocycles. The van der Waals surface area contributed by atoms with Crippen LogP contribution in [0, 0.1) is 0 Å². The van der Waals surface area contributed by atoms with Crippen LogP contribution in [0.25, 0.3) is 0 Å². The quantitative estimate of drug-likeness (QED) is 0.637. The average Bonchev–Trinajstić information content (AvgIpc) is 3.18. The number of benzene rings is 2. The largest absolute Gasteiger partial charge is 0.490 e. The summed E-state index contributed by atoms with van der Waals surface area (Å²) in [5.74, 6) is 1.12.